The summed E-state index contributed by atoms with van der Waals surface area (Å²) in [6.07, 6.45) is 5.00. The van der Waals surface area contributed by atoms with Crippen LogP contribution in [0, 0.1) is 0 Å². The van der Waals surface area contributed by atoms with E-state index in [0.29, 0.717) is 16.9 Å². The summed E-state index contributed by atoms with van der Waals surface area (Å²) >= 11 is 0. The Kier molecular flexibility index (Phi) is 4.30. The highest BCUT2D eigenvalue weighted by Gasteiger charge is 2.37. The molecule has 0 heterocycles. The van der Waals surface area contributed by atoms with Crippen LogP contribution in [0.1, 0.15) is 83.0 Å². The van der Waals surface area contributed by atoms with Crippen LogP contribution in [0.5, 0.6) is 0 Å². The number of hydrogen-bond donors (Lipinski definition) is 1. The van der Waals surface area contributed by atoms with Crippen LogP contribution in [-0.4, -0.2) is 7.05 Å². The topological polar surface area (TPSA) is 12.0 Å². The molecular formula is C19H31N. The van der Waals surface area contributed by atoms with Gasteiger partial charge in [0, 0.05) is 6.04 Å². The van der Waals surface area contributed by atoms with Crippen LogP contribution in [-0.2, 0) is 10.8 Å². The van der Waals surface area contributed by atoms with Crippen molar-refractivity contribution < 1.29 is 0 Å². The second kappa shape index (κ2) is 5.52. The largest absolute Gasteiger partial charge is 0.313 e. The molecule has 2 rings (SSSR count). The minimum absolute atomic E-state index is 0.311. The molecule has 1 atom stereocenters. The van der Waals surface area contributed by atoms with Crippen molar-refractivity contribution in [3.8, 4) is 0 Å². The molecule has 1 heteroatoms. The molecule has 1 aliphatic carbocycles. The predicted molar refractivity (Wildman–Crippen MR) is 88.4 cm³/mol. The number of hydrogen-bond acceptors (Lipinski definition) is 1. The van der Waals surface area contributed by atoms with Crippen LogP contribution in [0.3, 0.4) is 0 Å². The lowest BCUT2D eigenvalue weighted by Crippen LogP contribution is -2.34. The molecule has 1 unspecified atom stereocenters. The van der Waals surface area contributed by atoms with Gasteiger partial charge in [-0.3, -0.25) is 0 Å². The lowest BCUT2D eigenvalue weighted by atomic mass is 9.63. The highest BCUT2D eigenvalue weighted by Crippen LogP contribution is 2.46. The van der Waals surface area contributed by atoms with Gasteiger partial charge >= 0.3 is 0 Å². The quantitative estimate of drug-likeness (QED) is 0.805. The Hall–Kier alpha value is -0.820. The lowest BCUT2D eigenvalue weighted by molar-refractivity contribution is 0.331. The minimum Gasteiger partial charge on any atom is -0.313 e. The second-order valence-corrected chi connectivity index (χ2v) is 7.70. The number of nitrogens with one attached hydrogen (secondary N) is 1. The first-order valence-corrected chi connectivity index (χ1v) is 8.14. The van der Waals surface area contributed by atoms with E-state index >= 15 is 0 Å². The fraction of sp³-hybridized carbons (Fsp3) is 0.684. The average molecular weight is 273 g/mol. The molecule has 0 amide bonds. The van der Waals surface area contributed by atoms with Gasteiger partial charge in [0.15, 0.2) is 0 Å². The van der Waals surface area contributed by atoms with E-state index in [-0.39, 0.29) is 0 Å². The summed E-state index contributed by atoms with van der Waals surface area (Å²) < 4.78 is 0. The van der Waals surface area contributed by atoms with E-state index in [1.807, 2.05) is 0 Å². The Balaban J connectivity index is 2.48. The molecule has 0 saturated heterocycles. The highest BCUT2D eigenvalue weighted by atomic mass is 14.9. The third kappa shape index (κ3) is 2.79. The van der Waals surface area contributed by atoms with Gasteiger partial charge < -0.3 is 5.32 Å². The third-order valence-corrected chi connectivity index (χ3v) is 5.21. The van der Waals surface area contributed by atoms with Gasteiger partial charge in [0.1, 0.15) is 0 Å². The van der Waals surface area contributed by atoms with Gasteiger partial charge in [-0.2, -0.15) is 0 Å². The maximum absolute atomic E-state index is 3.47. The Labute approximate surface area is 125 Å². The van der Waals surface area contributed by atoms with E-state index in [9.17, 15) is 0 Å². The van der Waals surface area contributed by atoms with Gasteiger partial charge in [0.05, 0.1) is 0 Å². The molecule has 0 aromatic heterocycles. The van der Waals surface area contributed by atoms with Crippen molar-refractivity contribution in [3.63, 3.8) is 0 Å². The van der Waals surface area contributed by atoms with Crippen molar-refractivity contribution in [2.45, 2.75) is 77.2 Å². The SMILES string of the molecule is CCCC(NC)c1ccc2c(c1)C(C)(C)CCC2(C)C. The number of rotatable bonds is 4. The standard InChI is InChI=1S/C19H31N/c1-7-8-17(20-6)14-9-10-15-16(13-14)19(4,5)12-11-18(15,2)3/h9-10,13,17,20H,7-8,11-12H2,1-6H3. The van der Waals surface area contributed by atoms with Crippen LogP contribution in [0.15, 0.2) is 18.2 Å². The molecule has 0 bridgehead atoms. The summed E-state index contributed by atoms with van der Waals surface area (Å²) in [4.78, 5) is 0. The molecule has 1 nitrogen and oxygen atoms in total. The van der Waals surface area contributed by atoms with Gasteiger partial charge in [-0.05, 0) is 53.8 Å². The van der Waals surface area contributed by atoms with E-state index in [4.69, 9.17) is 0 Å². The summed E-state index contributed by atoms with van der Waals surface area (Å²) in [5.74, 6) is 0. The van der Waals surface area contributed by atoms with E-state index < -0.39 is 0 Å². The molecule has 112 valence electrons. The first kappa shape index (κ1) is 15.6. The Morgan fingerprint density at radius 3 is 2.20 bits per heavy atom. The molecule has 0 saturated carbocycles. The maximum atomic E-state index is 3.47. The Morgan fingerprint density at radius 1 is 1.05 bits per heavy atom. The highest BCUT2D eigenvalue weighted by molar-refractivity contribution is 5.44. The lowest BCUT2D eigenvalue weighted by Gasteiger charge is -2.42. The van der Waals surface area contributed by atoms with Crippen molar-refractivity contribution in [1.29, 1.82) is 0 Å². The summed E-state index contributed by atoms with van der Waals surface area (Å²) in [6.45, 7) is 11.8. The van der Waals surface area contributed by atoms with Gasteiger partial charge in [-0.25, -0.2) is 0 Å². The maximum Gasteiger partial charge on any atom is 0.0317 e. The van der Waals surface area contributed by atoms with Crippen LogP contribution < -0.4 is 5.32 Å². The van der Waals surface area contributed by atoms with Crippen molar-refractivity contribution in [3.05, 3.63) is 34.9 Å². The van der Waals surface area contributed by atoms with Crippen molar-refractivity contribution in [1.82, 2.24) is 5.32 Å². The Morgan fingerprint density at radius 2 is 1.65 bits per heavy atom. The summed E-state index contributed by atoms with van der Waals surface area (Å²) in [5.41, 5.74) is 5.22. The zero-order valence-electron chi connectivity index (χ0n) is 14.1. The first-order chi connectivity index (χ1) is 9.31. The first-order valence-electron chi connectivity index (χ1n) is 8.14. The predicted octanol–water partition coefficient (Wildman–Crippen LogP) is 5.10. The molecule has 1 N–H and O–H groups in total. The molecule has 0 fully saturated rings. The van der Waals surface area contributed by atoms with Crippen LogP contribution in [0.2, 0.25) is 0 Å². The second-order valence-electron chi connectivity index (χ2n) is 7.70. The van der Waals surface area contributed by atoms with Crippen LogP contribution in [0.25, 0.3) is 0 Å². The molecule has 20 heavy (non-hydrogen) atoms. The molecule has 0 radical (unpaired) electrons. The zero-order valence-corrected chi connectivity index (χ0v) is 14.1. The van der Waals surface area contributed by atoms with Crippen molar-refractivity contribution in [2.24, 2.45) is 0 Å². The smallest absolute Gasteiger partial charge is 0.0317 e. The van der Waals surface area contributed by atoms with E-state index in [2.05, 4.69) is 65.2 Å². The average Bonchev–Trinajstić information content (AvgIpc) is 2.41. The van der Waals surface area contributed by atoms with Crippen LogP contribution in [0.4, 0.5) is 0 Å². The van der Waals surface area contributed by atoms with Gasteiger partial charge in [0.2, 0.25) is 0 Å². The van der Waals surface area contributed by atoms with Crippen molar-refractivity contribution >= 4 is 0 Å². The van der Waals surface area contributed by atoms with Gasteiger partial charge in [-0.1, -0.05) is 59.2 Å². The van der Waals surface area contributed by atoms with Gasteiger partial charge in [0.25, 0.3) is 0 Å². The van der Waals surface area contributed by atoms with E-state index in [1.54, 1.807) is 11.1 Å². The molecule has 0 aliphatic heterocycles. The molecule has 1 aromatic carbocycles. The normalized spacial score (nSPS) is 21.3. The van der Waals surface area contributed by atoms with E-state index in [0.717, 1.165) is 0 Å². The van der Waals surface area contributed by atoms with Crippen LogP contribution >= 0.6 is 0 Å². The number of fused-ring (bicyclic) bond motifs is 1. The zero-order chi connectivity index (χ0) is 15.0. The summed E-state index contributed by atoms with van der Waals surface area (Å²) in [5, 5.41) is 3.47. The monoisotopic (exact) mass is 273 g/mol. The third-order valence-electron chi connectivity index (χ3n) is 5.21. The fourth-order valence-electron chi connectivity index (χ4n) is 3.59. The Bertz CT molecular complexity index is 471. The molecule has 1 aromatic rings. The fourth-order valence-corrected chi connectivity index (χ4v) is 3.59. The van der Waals surface area contributed by atoms with Crippen molar-refractivity contribution in [2.75, 3.05) is 7.05 Å². The number of benzene rings is 1. The molecular weight excluding hydrogens is 242 g/mol. The molecule has 1 aliphatic rings. The summed E-state index contributed by atoms with van der Waals surface area (Å²) in [6, 6.07) is 7.71. The van der Waals surface area contributed by atoms with E-state index in [1.165, 1.54) is 31.2 Å². The van der Waals surface area contributed by atoms with Gasteiger partial charge in [-0.15, -0.1) is 0 Å². The molecule has 0 spiro atoms. The minimum atomic E-state index is 0.311. The summed E-state index contributed by atoms with van der Waals surface area (Å²) in [7, 11) is 2.08.